The van der Waals surface area contributed by atoms with E-state index in [9.17, 15) is 77.0 Å². The molecule has 0 bridgehead atoms. The number of carbonyl (C=O) groups is 15. The minimum Gasteiger partial charge on any atom is -0.480 e. The molecule has 3 aliphatic rings. The van der Waals surface area contributed by atoms with Gasteiger partial charge in [-0.1, -0.05) is 41.5 Å². The SMILES string of the molecule is CSCC[C@H](NC(=O)[C@H](CC(C)C)NC(=O)[C@@H]1CCCN1C(=O)[C@H](CCC(N)=O)NC(=O)[C@@H](N)CC(C)C)C(=O)N[C@@H](CCC(N)=O)C(=O)N[C@@H](CCC(N)=O)C(=O)N[C@H](C(=O)N1CCC[C@H]1C(=O)N[C@@H](CCC(N)=O)C(=O)N1CCC[C@H]1C(=O)O)C(C)C. The summed E-state index contributed by atoms with van der Waals surface area (Å²) < 4.78 is 0. The van der Waals surface area contributed by atoms with Crippen molar-refractivity contribution >= 4 is 100 Å². The number of carboxylic acid groups (broad SMARTS) is 1. The second-order valence-electron chi connectivity index (χ2n) is 24.2. The first-order valence-corrected chi connectivity index (χ1v) is 31.8. The molecule has 0 saturated carbocycles. The van der Waals surface area contributed by atoms with Gasteiger partial charge in [-0.05, 0) is 113 Å². The predicted molar refractivity (Wildman–Crippen MR) is 324 cm³/mol. The Kier molecular flexibility index (Phi) is 31.2. The van der Waals surface area contributed by atoms with Gasteiger partial charge in [-0.3, -0.25) is 67.1 Å². The van der Waals surface area contributed by atoms with Crippen molar-refractivity contribution in [2.45, 2.75) is 217 Å². The standard InChI is InChI=1S/C57H95N15O16S/c1-29(2)27-32(58)47(77)66-36(16-20-44(61)75)54(84)70-23-8-11-39(70)53(83)68-38(28-30(3)4)51(81)65-35(22-26-89-7)49(79)63-33(14-18-42(59)73)48(78)64-34(15-19-43(60)74)50(80)69-46(31(5)6)56(86)71-24-9-12-40(71)52(82)67-37(17-21-45(62)76)55(85)72-25-10-13-41(72)57(87)88/h29-41,46H,8-28,58H2,1-7H3,(H2,59,73)(H2,60,74)(H2,61,75)(H2,62,76)(H,63,79)(H,64,78)(H,65,81)(H,66,77)(H,67,82)(H,68,83)(H,69,80)(H,87,88)/t32-,33-,34-,35-,36-,37-,38-,39-,40-,41-,46-/m0/s1. The predicted octanol–water partition coefficient (Wildman–Crippen LogP) is -3.67. The van der Waals surface area contributed by atoms with Crippen LogP contribution in [0, 0.1) is 17.8 Å². The Labute approximate surface area is 522 Å². The van der Waals surface area contributed by atoms with Gasteiger partial charge in [0.2, 0.25) is 82.7 Å². The fourth-order valence-electron chi connectivity index (χ4n) is 10.9. The highest BCUT2D eigenvalue weighted by Crippen LogP contribution is 2.25. The minimum atomic E-state index is -1.63. The lowest BCUT2D eigenvalue weighted by Crippen LogP contribution is -2.61. The molecular weight excluding hydrogens is 1180 g/mol. The number of hydrogen-bond acceptors (Lipinski definition) is 17. The maximum absolute atomic E-state index is 14.5. The van der Waals surface area contributed by atoms with Crippen LogP contribution in [0.15, 0.2) is 0 Å². The Morgan fingerprint density at radius 1 is 0.438 bits per heavy atom. The number of rotatable bonds is 38. The second-order valence-corrected chi connectivity index (χ2v) is 25.2. The van der Waals surface area contributed by atoms with E-state index in [0.717, 1.165) is 4.90 Å². The number of thioether (sulfide) groups is 1. The van der Waals surface area contributed by atoms with Gasteiger partial charge in [0.1, 0.15) is 60.4 Å². The largest absolute Gasteiger partial charge is 0.480 e. The summed E-state index contributed by atoms with van der Waals surface area (Å²) in [6, 6.07) is -14.3. The third kappa shape index (κ3) is 24.3. The van der Waals surface area contributed by atoms with E-state index in [4.69, 9.17) is 28.7 Å². The first-order chi connectivity index (χ1) is 41.8. The number of amides is 14. The van der Waals surface area contributed by atoms with Crippen molar-refractivity contribution in [2.75, 3.05) is 31.6 Å². The minimum absolute atomic E-state index is 0.0248. The number of hydrogen-bond donors (Lipinski definition) is 13. The van der Waals surface area contributed by atoms with Gasteiger partial charge in [-0.2, -0.15) is 11.8 Å². The van der Waals surface area contributed by atoms with Crippen LogP contribution in [0.25, 0.3) is 0 Å². The van der Waals surface area contributed by atoms with Gasteiger partial charge < -0.3 is 85.7 Å². The summed E-state index contributed by atoms with van der Waals surface area (Å²) in [7, 11) is 0. The smallest absolute Gasteiger partial charge is 0.326 e. The molecule has 32 heteroatoms. The van der Waals surface area contributed by atoms with Gasteiger partial charge in [0.15, 0.2) is 0 Å². The molecule has 0 aromatic carbocycles. The van der Waals surface area contributed by atoms with Crippen molar-refractivity contribution in [3.63, 3.8) is 0 Å². The fraction of sp³-hybridized carbons (Fsp3) is 0.737. The van der Waals surface area contributed by atoms with E-state index in [0.29, 0.717) is 25.7 Å². The molecule has 14 amide bonds. The fourth-order valence-corrected chi connectivity index (χ4v) is 11.4. The second kappa shape index (κ2) is 36.7. The lowest BCUT2D eigenvalue weighted by molar-refractivity contribution is -0.150. The normalized spacial score (nSPS) is 19.2. The zero-order valence-electron chi connectivity index (χ0n) is 52.1. The zero-order chi connectivity index (χ0) is 67.0. The Bertz CT molecular complexity index is 2570. The van der Waals surface area contributed by atoms with Crippen LogP contribution < -0.4 is 65.9 Å². The van der Waals surface area contributed by atoms with Crippen LogP contribution in [-0.4, -0.2) is 207 Å². The monoisotopic (exact) mass is 1280 g/mol. The van der Waals surface area contributed by atoms with Crippen molar-refractivity contribution < 1.29 is 77.0 Å². The molecule has 0 aromatic heterocycles. The van der Waals surface area contributed by atoms with E-state index < -0.39 is 187 Å². The summed E-state index contributed by atoms with van der Waals surface area (Å²) in [5.74, 6) is -13.1. The summed E-state index contributed by atoms with van der Waals surface area (Å²) in [5.41, 5.74) is 27.8. The van der Waals surface area contributed by atoms with Gasteiger partial charge in [-0.25, -0.2) is 4.79 Å². The lowest BCUT2D eigenvalue weighted by Gasteiger charge is -2.33. The van der Waals surface area contributed by atoms with E-state index in [1.807, 2.05) is 13.8 Å². The van der Waals surface area contributed by atoms with Gasteiger partial charge in [0.25, 0.3) is 0 Å². The van der Waals surface area contributed by atoms with Crippen LogP contribution in [0.3, 0.4) is 0 Å². The average molecular weight is 1280 g/mol. The lowest BCUT2D eigenvalue weighted by atomic mass is 10.00. The van der Waals surface area contributed by atoms with E-state index in [1.165, 1.54) is 21.6 Å². The van der Waals surface area contributed by atoms with E-state index >= 15 is 0 Å². The van der Waals surface area contributed by atoms with Crippen LogP contribution >= 0.6 is 11.8 Å². The maximum Gasteiger partial charge on any atom is 0.326 e. The highest BCUT2D eigenvalue weighted by Gasteiger charge is 2.44. The molecule has 0 spiro atoms. The number of nitrogens with two attached hydrogens (primary N) is 5. The summed E-state index contributed by atoms with van der Waals surface area (Å²) in [6.45, 7) is 10.7. The number of nitrogens with zero attached hydrogens (tertiary/aromatic N) is 3. The van der Waals surface area contributed by atoms with Crippen molar-refractivity contribution in [3.8, 4) is 0 Å². The van der Waals surface area contributed by atoms with Crippen molar-refractivity contribution in [3.05, 3.63) is 0 Å². The van der Waals surface area contributed by atoms with Gasteiger partial charge in [-0.15, -0.1) is 0 Å². The van der Waals surface area contributed by atoms with Gasteiger partial charge in [0.05, 0.1) is 6.04 Å². The Morgan fingerprint density at radius 2 is 0.775 bits per heavy atom. The van der Waals surface area contributed by atoms with Crippen LogP contribution in [0.5, 0.6) is 0 Å². The summed E-state index contributed by atoms with van der Waals surface area (Å²) in [5, 5.41) is 28.0. The number of likely N-dealkylation sites (tertiary alicyclic amines) is 3. The number of nitrogens with one attached hydrogen (secondary N) is 7. The van der Waals surface area contributed by atoms with Crippen molar-refractivity contribution in [1.29, 1.82) is 0 Å². The molecule has 89 heavy (non-hydrogen) atoms. The molecule has 11 atom stereocenters. The van der Waals surface area contributed by atoms with Crippen molar-refractivity contribution in [1.82, 2.24) is 51.9 Å². The third-order valence-electron chi connectivity index (χ3n) is 15.6. The molecule has 500 valence electrons. The number of aliphatic carboxylic acids is 1. The molecule has 3 saturated heterocycles. The van der Waals surface area contributed by atoms with Gasteiger partial charge >= 0.3 is 5.97 Å². The molecule has 3 rings (SSSR count). The molecule has 0 aromatic rings. The summed E-state index contributed by atoms with van der Waals surface area (Å²) >= 11 is 1.31. The van der Waals surface area contributed by atoms with Gasteiger partial charge in [0, 0.05) is 45.3 Å². The van der Waals surface area contributed by atoms with Crippen LogP contribution in [0.4, 0.5) is 0 Å². The summed E-state index contributed by atoms with van der Waals surface area (Å²) in [6.07, 6.45) is 0.796. The Morgan fingerprint density at radius 3 is 1.17 bits per heavy atom. The molecular formula is C57H95N15O16S. The highest BCUT2D eigenvalue weighted by molar-refractivity contribution is 7.98. The topological polar surface area (TPSA) is 500 Å². The molecule has 18 N–H and O–H groups in total. The molecule has 0 radical (unpaired) electrons. The Hall–Kier alpha value is -7.64. The van der Waals surface area contributed by atoms with Crippen LogP contribution in [0.1, 0.15) is 151 Å². The molecule has 3 aliphatic heterocycles. The zero-order valence-corrected chi connectivity index (χ0v) is 53.0. The molecule has 31 nitrogen and oxygen atoms in total. The molecule has 3 fully saturated rings. The number of primary amides is 4. The number of carbonyl (C=O) groups excluding carboxylic acids is 14. The molecule has 0 unspecified atom stereocenters. The molecule has 0 aliphatic carbocycles. The third-order valence-corrected chi connectivity index (χ3v) is 16.2. The van der Waals surface area contributed by atoms with E-state index in [2.05, 4.69) is 37.2 Å². The van der Waals surface area contributed by atoms with Crippen LogP contribution in [-0.2, 0) is 71.9 Å². The average Bonchev–Trinajstić information content (AvgIpc) is 3.06. The first kappa shape index (κ1) is 75.6. The molecule has 3 heterocycles. The summed E-state index contributed by atoms with van der Waals surface area (Å²) in [4.78, 5) is 204. The maximum atomic E-state index is 14.5. The number of carboxylic acids is 1. The Balaban J connectivity index is 1.86. The quantitative estimate of drug-likeness (QED) is 0.0283. The van der Waals surface area contributed by atoms with E-state index in [1.54, 1.807) is 34.0 Å². The first-order valence-electron chi connectivity index (χ1n) is 30.4. The van der Waals surface area contributed by atoms with Crippen molar-refractivity contribution in [2.24, 2.45) is 46.4 Å². The highest BCUT2D eigenvalue weighted by atomic mass is 32.2. The van der Waals surface area contributed by atoms with Crippen LogP contribution in [0.2, 0.25) is 0 Å². The van der Waals surface area contributed by atoms with E-state index in [-0.39, 0.29) is 95.0 Å².